The van der Waals surface area contributed by atoms with Gasteiger partial charge in [-0.15, -0.1) is 0 Å². The number of aromatic nitrogens is 1. The van der Waals surface area contributed by atoms with E-state index in [-0.39, 0.29) is 12.3 Å². The van der Waals surface area contributed by atoms with Gasteiger partial charge in [-0.3, -0.25) is 9.36 Å². The van der Waals surface area contributed by atoms with Gasteiger partial charge in [-0.05, 0) is 25.0 Å². The van der Waals surface area contributed by atoms with Crippen LogP contribution in [0.15, 0.2) is 33.5 Å². The second kappa shape index (κ2) is 5.73. The molecule has 6 nitrogen and oxygen atoms in total. The SMILES string of the molecule is O=C(CCn1c(=O)oc2ccccc21)N1CCCC(O)C1. The number of hydrogen-bond donors (Lipinski definition) is 1. The molecule has 0 spiro atoms. The fourth-order valence-corrected chi connectivity index (χ4v) is 2.77. The van der Waals surface area contributed by atoms with Crippen LogP contribution in [0.1, 0.15) is 19.3 Å². The number of nitrogens with zero attached hydrogens (tertiary/aromatic N) is 2. The largest absolute Gasteiger partial charge is 0.419 e. The van der Waals surface area contributed by atoms with Crippen LogP contribution in [-0.2, 0) is 11.3 Å². The van der Waals surface area contributed by atoms with Crippen molar-refractivity contribution in [2.45, 2.75) is 31.9 Å². The molecule has 3 rings (SSSR count). The van der Waals surface area contributed by atoms with Gasteiger partial charge in [0.1, 0.15) is 0 Å². The zero-order chi connectivity index (χ0) is 14.8. The Hall–Kier alpha value is -2.08. The highest BCUT2D eigenvalue weighted by Crippen LogP contribution is 2.14. The van der Waals surface area contributed by atoms with Gasteiger partial charge >= 0.3 is 5.76 Å². The third-order valence-electron chi connectivity index (χ3n) is 3.87. The summed E-state index contributed by atoms with van der Waals surface area (Å²) in [4.78, 5) is 25.6. The Balaban J connectivity index is 1.70. The normalized spacial score (nSPS) is 19.1. The molecule has 2 aromatic rings. The number of β-amino-alcohol motifs (C(OH)–C–C–N with tert-alkyl or cyclic N) is 1. The van der Waals surface area contributed by atoms with Crippen molar-refractivity contribution in [2.75, 3.05) is 13.1 Å². The first kappa shape index (κ1) is 13.9. The maximum absolute atomic E-state index is 12.2. The highest BCUT2D eigenvalue weighted by atomic mass is 16.4. The fraction of sp³-hybridized carbons (Fsp3) is 0.467. The van der Waals surface area contributed by atoms with Crippen LogP contribution in [0.2, 0.25) is 0 Å². The van der Waals surface area contributed by atoms with E-state index in [0.29, 0.717) is 30.7 Å². The Morgan fingerprint density at radius 1 is 1.38 bits per heavy atom. The third kappa shape index (κ3) is 2.85. The minimum atomic E-state index is -0.442. The van der Waals surface area contributed by atoms with E-state index in [1.165, 1.54) is 4.57 Å². The van der Waals surface area contributed by atoms with Crippen LogP contribution in [0.5, 0.6) is 0 Å². The van der Waals surface area contributed by atoms with E-state index in [0.717, 1.165) is 12.8 Å². The first-order valence-corrected chi connectivity index (χ1v) is 7.19. The van der Waals surface area contributed by atoms with Gasteiger partial charge in [0, 0.05) is 26.1 Å². The number of para-hydroxylation sites is 2. The molecule has 1 aromatic carbocycles. The summed E-state index contributed by atoms with van der Waals surface area (Å²) in [6.45, 7) is 1.36. The maximum Gasteiger partial charge on any atom is 0.419 e. The number of aliphatic hydroxyl groups is 1. The topological polar surface area (TPSA) is 75.7 Å². The van der Waals surface area contributed by atoms with Crippen LogP contribution in [0.25, 0.3) is 11.1 Å². The van der Waals surface area contributed by atoms with Crippen molar-refractivity contribution < 1.29 is 14.3 Å². The molecule has 1 unspecified atom stereocenters. The van der Waals surface area contributed by atoms with Crippen LogP contribution < -0.4 is 5.76 Å². The number of hydrogen-bond acceptors (Lipinski definition) is 4. The molecule has 1 aliphatic heterocycles. The number of amides is 1. The maximum atomic E-state index is 12.2. The van der Waals surface area contributed by atoms with E-state index in [1.54, 1.807) is 23.1 Å². The molecule has 1 fully saturated rings. The number of carbonyl (C=O) groups is 1. The number of fused-ring (bicyclic) bond motifs is 1. The van der Waals surface area contributed by atoms with E-state index in [2.05, 4.69) is 0 Å². The second-order valence-corrected chi connectivity index (χ2v) is 5.37. The van der Waals surface area contributed by atoms with Gasteiger partial charge in [0.25, 0.3) is 0 Å². The lowest BCUT2D eigenvalue weighted by molar-refractivity contribution is -0.134. The number of carbonyl (C=O) groups excluding carboxylic acids is 1. The van der Waals surface area contributed by atoms with Gasteiger partial charge in [-0.1, -0.05) is 12.1 Å². The summed E-state index contributed by atoms with van der Waals surface area (Å²) in [5.41, 5.74) is 1.23. The van der Waals surface area contributed by atoms with Crippen molar-refractivity contribution >= 4 is 17.0 Å². The number of aliphatic hydroxyl groups excluding tert-OH is 1. The Bertz CT molecular complexity index is 703. The summed E-state index contributed by atoms with van der Waals surface area (Å²) in [6, 6.07) is 7.16. The Labute approximate surface area is 121 Å². The van der Waals surface area contributed by atoms with Gasteiger partial charge < -0.3 is 14.4 Å². The monoisotopic (exact) mass is 290 g/mol. The first-order valence-electron chi connectivity index (χ1n) is 7.19. The molecule has 1 aromatic heterocycles. The Morgan fingerprint density at radius 2 is 2.19 bits per heavy atom. The molecule has 0 saturated carbocycles. The van der Waals surface area contributed by atoms with Crippen LogP contribution in [0.4, 0.5) is 0 Å². The molecule has 112 valence electrons. The van der Waals surface area contributed by atoms with Crippen molar-refractivity contribution in [2.24, 2.45) is 0 Å². The van der Waals surface area contributed by atoms with Crippen LogP contribution >= 0.6 is 0 Å². The lowest BCUT2D eigenvalue weighted by Crippen LogP contribution is -2.42. The van der Waals surface area contributed by atoms with Gasteiger partial charge in [-0.2, -0.15) is 0 Å². The standard InChI is InChI=1S/C15H18N2O4/c18-11-4-3-8-16(10-11)14(19)7-9-17-12-5-1-2-6-13(12)21-15(17)20/h1-2,5-6,11,18H,3-4,7-10H2. The number of oxazole rings is 1. The number of piperidine rings is 1. The smallest absolute Gasteiger partial charge is 0.408 e. The van der Waals surface area contributed by atoms with Crippen molar-refractivity contribution in [3.05, 3.63) is 34.8 Å². The van der Waals surface area contributed by atoms with Crippen LogP contribution in [-0.4, -0.2) is 39.7 Å². The molecular weight excluding hydrogens is 272 g/mol. The predicted molar refractivity (Wildman–Crippen MR) is 76.9 cm³/mol. The number of benzene rings is 1. The van der Waals surface area contributed by atoms with Crippen molar-refractivity contribution in [1.29, 1.82) is 0 Å². The van der Waals surface area contributed by atoms with Crippen LogP contribution in [0.3, 0.4) is 0 Å². The number of aryl methyl sites for hydroxylation is 1. The second-order valence-electron chi connectivity index (χ2n) is 5.37. The highest BCUT2D eigenvalue weighted by molar-refractivity contribution is 5.77. The van der Waals surface area contributed by atoms with E-state index in [1.807, 2.05) is 6.07 Å². The summed E-state index contributed by atoms with van der Waals surface area (Å²) >= 11 is 0. The summed E-state index contributed by atoms with van der Waals surface area (Å²) < 4.78 is 6.62. The van der Waals surface area contributed by atoms with E-state index in [9.17, 15) is 14.7 Å². The zero-order valence-corrected chi connectivity index (χ0v) is 11.7. The van der Waals surface area contributed by atoms with E-state index in [4.69, 9.17) is 4.42 Å². The summed E-state index contributed by atoms with van der Waals surface area (Å²) in [7, 11) is 0. The molecule has 1 N–H and O–H groups in total. The number of likely N-dealkylation sites (tertiary alicyclic amines) is 1. The molecule has 6 heteroatoms. The lowest BCUT2D eigenvalue weighted by Gasteiger charge is -2.30. The molecular formula is C15H18N2O4. The van der Waals surface area contributed by atoms with Gasteiger partial charge in [-0.25, -0.2) is 4.79 Å². The lowest BCUT2D eigenvalue weighted by atomic mass is 10.1. The highest BCUT2D eigenvalue weighted by Gasteiger charge is 2.22. The molecule has 1 atom stereocenters. The molecule has 0 aliphatic carbocycles. The zero-order valence-electron chi connectivity index (χ0n) is 11.7. The molecule has 1 amide bonds. The van der Waals surface area contributed by atoms with E-state index < -0.39 is 11.9 Å². The number of rotatable bonds is 3. The molecule has 0 bridgehead atoms. The molecule has 1 saturated heterocycles. The van der Waals surface area contributed by atoms with Crippen molar-refractivity contribution in [1.82, 2.24) is 9.47 Å². The minimum absolute atomic E-state index is 0.0362. The predicted octanol–water partition coefficient (Wildman–Crippen LogP) is 0.968. The summed E-state index contributed by atoms with van der Waals surface area (Å²) in [5.74, 6) is -0.478. The summed E-state index contributed by atoms with van der Waals surface area (Å²) in [6.07, 6.45) is 1.37. The molecule has 0 radical (unpaired) electrons. The molecule has 1 aliphatic rings. The average Bonchev–Trinajstić information content (AvgIpc) is 2.80. The van der Waals surface area contributed by atoms with Gasteiger partial charge in [0.15, 0.2) is 5.58 Å². The quantitative estimate of drug-likeness (QED) is 0.914. The van der Waals surface area contributed by atoms with Crippen molar-refractivity contribution in [3.63, 3.8) is 0 Å². The average molecular weight is 290 g/mol. The molecule has 21 heavy (non-hydrogen) atoms. The Kier molecular flexibility index (Phi) is 3.79. The minimum Gasteiger partial charge on any atom is -0.408 e. The Morgan fingerprint density at radius 3 is 3.00 bits per heavy atom. The molecule has 2 heterocycles. The van der Waals surface area contributed by atoms with E-state index >= 15 is 0 Å². The van der Waals surface area contributed by atoms with Crippen molar-refractivity contribution in [3.8, 4) is 0 Å². The van der Waals surface area contributed by atoms with Crippen LogP contribution in [0, 0.1) is 0 Å². The van der Waals surface area contributed by atoms with Gasteiger partial charge in [0.2, 0.25) is 5.91 Å². The first-order chi connectivity index (χ1) is 10.1. The summed E-state index contributed by atoms with van der Waals surface area (Å²) in [5, 5.41) is 9.60. The fourth-order valence-electron chi connectivity index (χ4n) is 2.77. The van der Waals surface area contributed by atoms with Gasteiger partial charge in [0.05, 0.1) is 11.6 Å². The third-order valence-corrected chi connectivity index (χ3v) is 3.87.